The highest BCUT2D eigenvalue weighted by molar-refractivity contribution is 5.45. The number of benzene rings is 1. The third-order valence-corrected chi connectivity index (χ3v) is 3.30. The molecule has 13 heavy (non-hydrogen) atoms. The van der Waals surface area contributed by atoms with Gasteiger partial charge in [-0.3, -0.25) is 0 Å². The van der Waals surface area contributed by atoms with E-state index in [0.29, 0.717) is 0 Å². The van der Waals surface area contributed by atoms with E-state index in [9.17, 15) is 0 Å². The molecule has 0 aliphatic heterocycles. The topological polar surface area (TPSA) is 0 Å². The minimum Gasteiger partial charge on any atom is -0.0654 e. The summed E-state index contributed by atoms with van der Waals surface area (Å²) >= 11 is 0. The van der Waals surface area contributed by atoms with E-state index in [4.69, 9.17) is 0 Å². The first-order valence-electron chi connectivity index (χ1n) is 5.32. The van der Waals surface area contributed by atoms with Gasteiger partial charge in [0.25, 0.3) is 0 Å². The molecule has 0 heterocycles. The van der Waals surface area contributed by atoms with E-state index < -0.39 is 0 Å². The van der Waals surface area contributed by atoms with Crippen LogP contribution in [-0.4, -0.2) is 0 Å². The number of rotatable bonds is 2. The van der Waals surface area contributed by atoms with Gasteiger partial charge in [-0.2, -0.15) is 0 Å². The van der Waals surface area contributed by atoms with Crippen molar-refractivity contribution in [3.63, 3.8) is 0 Å². The lowest BCUT2D eigenvalue weighted by atomic mass is 9.74. The quantitative estimate of drug-likeness (QED) is 0.640. The predicted octanol–water partition coefficient (Wildman–Crippen LogP) is 3.74. The van der Waals surface area contributed by atoms with Crippen molar-refractivity contribution in [2.45, 2.75) is 46.0 Å². The number of fused-ring (bicyclic) bond motifs is 1. The second kappa shape index (κ2) is 3.17. The lowest BCUT2D eigenvalue weighted by molar-refractivity contribution is 0.550. The van der Waals surface area contributed by atoms with E-state index in [2.05, 4.69) is 32.9 Å². The minimum absolute atomic E-state index is 0.874. The zero-order valence-corrected chi connectivity index (χ0v) is 8.85. The summed E-state index contributed by atoms with van der Waals surface area (Å²) in [5, 5.41) is 0. The van der Waals surface area contributed by atoms with Crippen LogP contribution in [0.4, 0.5) is 0 Å². The third kappa shape index (κ3) is 1.39. The van der Waals surface area contributed by atoms with Crippen LogP contribution in [0.3, 0.4) is 0 Å². The molecule has 0 heteroatoms. The fourth-order valence-electron chi connectivity index (χ4n) is 2.31. The van der Waals surface area contributed by atoms with Gasteiger partial charge in [0.2, 0.25) is 0 Å². The van der Waals surface area contributed by atoms with E-state index in [0.717, 1.165) is 5.92 Å². The summed E-state index contributed by atoms with van der Waals surface area (Å²) in [6, 6.07) is 4.77. The van der Waals surface area contributed by atoms with Gasteiger partial charge in [-0.1, -0.05) is 25.5 Å². The standard InChI is InChI=1S/C13H18/c1-4-5-11-8-12-6-9(2)10(3)7-13(11)12/h6-7,11H,4-5,8H2,1-3H3. The van der Waals surface area contributed by atoms with Crippen LogP contribution < -0.4 is 0 Å². The molecule has 0 saturated heterocycles. The Morgan fingerprint density at radius 1 is 1.23 bits per heavy atom. The van der Waals surface area contributed by atoms with Crippen molar-refractivity contribution in [1.82, 2.24) is 0 Å². The molecule has 0 saturated carbocycles. The average molecular weight is 174 g/mol. The molecule has 0 amide bonds. The van der Waals surface area contributed by atoms with E-state index in [1.54, 1.807) is 11.1 Å². The fourth-order valence-corrected chi connectivity index (χ4v) is 2.31. The SMILES string of the molecule is CCCC1Cc2cc(C)c(C)cc21. The van der Waals surface area contributed by atoms with Gasteiger partial charge in [0.15, 0.2) is 0 Å². The molecule has 0 N–H and O–H groups in total. The first kappa shape index (κ1) is 8.80. The highest BCUT2D eigenvalue weighted by atomic mass is 14.3. The molecule has 2 rings (SSSR count). The lowest BCUT2D eigenvalue weighted by Crippen LogP contribution is -2.17. The Hall–Kier alpha value is -0.780. The second-order valence-electron chi connectivity index (χ2n) is 4.33. The summed E-state index contributed by atoms with van der Waals surface area (Å²) in [4.78, 5) is 0. The molecule has 0 radical (unpaired) electrons. The van der Waals surface area contributed by atoms with Gasteiger partial charge in [-0.15, -0.1) is 0 Å². The largest absolute Gasteiger partial charge is 0.0654 e. The van der Waals surface area contributed by atoms with Crippen molar-refractivity contribution in [1.29, 1.82) is 0 Å². The lowest BCUT2D eigenvalue weighted by Gasteiger charge is -2.31. The summed E-state index contributed by atoms with van der Waals surface area (Å²) < 4.78 is 0. The number of aryl methyl sites for hydroxylation is 2. The highest BCUT2D eigenvalue weighted by Gasteiger charge is 2.25. The van der Waals surface area contributed by atoms with Crippen molar-refractivity contribution < 1.29 is 0 Å². The van der Waals surface area contributed by atoms with E-state index in [-0.39, 0.29) is 0 Å². The molecule has 0 nitrogen and oxygen atoms in total. The smallest absolute Gasteiger partial charge is 0.0119 e. The average Bonchev–Trinajstić information content (AvgIpc) is 2.10. The summed E-state index contributed by atoms with van der Waals surface area (Å²) in [6.07, 6.45) is 4.01. The molecule has 0 bridgehead atoms. The van der Waals surface area contributed by atoms with Crippen LogP contribution in [0.5, 0.6) is 0 Å². The van der Waals surface area contributed by atoms with Crippen molar-refractivity contribution >= 4 is 0 Å². The zero-order chi connectivity index (χ0) is 9.42. The van der Waals surface area contributed by atoms with Crippen LogP contribution in [0.15, 0.2) is 12.1 Å². The molecule has 1 aromatic carbocycles. The molecular weight excluding hydrogens is 156 g/mol. The Labute approximate surface area is 81.0 Å². The molecular formula is C13H18. The van der Waals surface area contributed by atoms with Gasteiger partial charge < -0.3 is 0 Å². The summed E-state index contributed by atoms with van der Waals surface area (Å²) in [6.45, 7) is 6.71. The summed E-state index contributed by atoms with van der Waals surface area (Å²) in [7, 11) is 0. The van der Waals surface area contributed by atoms with Crippen molar-refractivity contribution in [3.8, 4) is 0 Å². The summed E-state index contributed by atoms with van der Waals surface area (Å²) in [5.74, 6) is 0.874. The number of hydrogen-bond acceptors (Lipinski definition) is 0. The van der Waals surface area contributed by atoms with Crippen LogP contribution in [0.2, 0.25) is 0 Å². The predicted molar refractivity (Wildman–Crippen MR) is 57.3 cm³/mol. The van der Waals surface area contributed by atoms with Crippen LogP contribution in [-0.2, 0) is 6.42 Å². The highest BCUT2D eigenvalue weighted by Crippen LogP contribution is 2.39. The molecule has 0 aromatic heterocycles. The van der Waals surface area contributed by atoms with Gasteiger partial charge in [0.05, 0.1) is 0 Å². The van der Waals surface area contributed by atoms with Crippen molar-refractivity contribution in [3.05, 3.63) is 34.4 Å². The Bertz CT molecular complexity index is 323. The molecule has 70 valence electrons. The molecule has 0 spiro atoms. The fraction of sp³-hybridized carbons (Fsp3) is 0.538. The third-order valence-electron chi connectivity index (χ3n) is 3.30. The zero-order valence-electron chi connectivity index (χ0n) is 8.85. The van der Waals surface area contributed by atoms with Crippen LogP contribution >= 0.6 is 0 Å². The molecule has 1 aliphatic rings. The maximum atomic E-state index is 2.40. The van der Waals surface area contributed by atoms with Crippen LogP contribution in [0.1, 0.15) is 47.9 Å². The van der Waals surface area contributed by atoms with Gasteiger partial charge in [0.1, 0.15) is 0 Å². The molecule has 1 unspecified atom stereocenters. The Balaban J connectivity index is 2.27. The first-order chi connectivity index (χ1) is 6.22. The maximum absolute atomic E-state index is 2.40. The molecule has 0 fully saturated rings. The monoisotopic (exact) mass is 174 g/mol. The molecule has 1 atom stereocenters. The Morgan fingerprint density at radius 2 is 1.92 bits per heavy atom. The first-order valence-corrected chi connectivity index (χ1v) is 5.32. The summed E-state index contributed by atoms with van der Waals surface area (Å²) in [5.41, 5.74) is 6.14. The van der Waals surface area contributed by atoms with Crippen molar-refractivity contribution in [2.24, 2.45) is 0 Å². The van der Waals surface area contributed by atoms with Gasteiger partial charge >= 0.3 is 0 Å². The van der Waals surface area contributed by atoms with Crippen LogP contribution in [0, 0.1) is 13.8 Å². The molecule has 1 aromatic rings. The minimum atomic E-state index is 0.874. The van der Waals surface area contributed by atoms with Gasteiger partial charge in [-0.05, 0) is 54.9 Å². The number of hydrogen-bond donors (Lipinski definition) is 0. The van der Waals surface area contributed by atoms with Crippen LogP contribution in [0.25, 0.3) is 0 Å². The maximum Gasteiger partial charge on any atom is -0.0119 e. The van der Waals surface area contributed by atoms with Gasteiger partial charge in [0, 0.05) is 0 Å². The molecule has 1 aliphatic carbocycles. The normalized spacial score (nSPS) is 19.5. The Kier molecular flexibility index (Phi) is 2.15. The van der Waals surface area contributed by atoms with E-state index in [1.165, 1.54) is 30.4 Å². The van der Waals surface area contributed by atoms with Gasteiger partial charge in [-0.25, -0.2) is 0 Å². The van der Waals surface area contributed by atoms with E-state index in [1.807, 2.05) is 0 Å². The van der Waals surface area contributed by atoms with Crippen molar-refractivity contribution in [2.75, 3.05) is 0 Å². The van der Waals surface area contributed by atoms with E-state index >= 15 is 0 Å². The Morgan fingerprint density at radius 3 is 2.62 bits per heavy atom. The second-order valence-corrected chi connectivity index (χ2v) is 4.33.